The molecule has 0 saturated heterocycles. The Morgan fingerprint density at radius 3 is 2.57 bits per heavy atom. The summed E-state index contributed by atoms with van der Waals surface area (Å²) in [6, 6.07) is 8.96. The number of hydrogen-bond donors (Lipinski definition) is 3. The summed E-state index contributed by atoms with van der Waals surface area (Å²) < 4.78 is 0. The van der Waals surface area contributed by atoms with Gasteiger partial charge in [0.05, 0.1) is 5.92 Å². The molecule has 0 spiro atoms. The Morgan fingerprint density at radius 1 is 1.33 bits per heavy atom. The van der Waals surface area contributed by atoms with E-state index < -0.39 is 5.97 Å². The number of nitrogens with one attached hydrogen (secondary N) is 2. The van der Waals surface area contributed by atoms with Gasteiger partial charge in [0.2, 0.25) is 0 Å². The van der Waals surface area contributed by atoms with Crippen LogP contribution in [0.1, 0.15) is 34.1 Å². The molecule has 3 rings (SSSR count). The van der Waals surface area contributed by atoms with Gasteiger partial charge >= 0.3 is 5.97 Å². The third-order valence-corrected chi connectivity index (χ3v) is 3.64. The fraction of sp³-hybridized carbons (Fsp3) is 0.267. The van der Waals surface area contributed by atoms with E-state index >= 15 is 0 Å². The minimum absolute atomic E-state index is 0.0984. The zero-order chi connectivity index (χ0) is 15.0. The van der Waals surface area contributed by atoms with Gasteiger partial charge in [-0.25, -0.2) is 0 Å². The number of rotatable bonds is 4. The fourth-order valence-electron chi connectivity index (χ4n) is 2.38. The van der Waals surface area contributed by atoms with Gasteiger partial charge in [-0.1, -0.05) is 12.1 Å². The highest BCUT2D eigenvalue weighted by atomic mass is 16.4. The number of amides is 1. The Kier molecular flexibility index (Phi) is 3.21. The smallest absolute Gasteiger partial charge is 0.307 e. The lowest BCUT2D eigenvalue weighted by Gasteiger charge is -2.04. The summed E-state index contributed by atoms with van der Waals surface area (Å²) >= 11 is 0. The molecule has 21 heavy (non-hydrogen) atoms. The summed E-state index contributed by atoms with van der Waals surface area (Å²) in [4.78, 5) is 22.8. The van der Waals surface area contributed by atoms with E-state index in [0.717, 1.165) is 11.3 Å². The molecule has 6 heteroatoms. The van der Waals surface area contributed by atoms with Crippen LogP contribution in [0.4, 0.5) is 5.69 Å². The number of aromatic nitrogens is 2. The van der Waals surface area contributed by atoms with Gasteiger partial charge in [0.15, 0.2) is 5.69 Å². The van der Waals surface area contributed by atoms with Crippen LogP contribution >= 0.6 is 0 Å². The van der Waals surface area contributed by atoms with Gasteiger partial charge in [-0.2, -0.15) is 5.10 Å². The van der Waals surface area contributed by atoms with Crippen molar-refractivity contribution in [3.8, 4) is 0 Å². The Labute approximate surface area is 121 Å². The van der Waals surface area contributed by atoms with Crippen LogP contribution in [0.15, 0.2) is 30.3 Å². The van der Waals surface area contributed by atoms with Gasteiger partial charge in [0.25, 0.3) is 5.91 Å². The molecule has 2 atom stereocenters. The van der Waals surface area contributed by atoms with E-state index in [1.165, 1.54) is 0 Å². The van der Waals surface area contributed by atoms with Crippen LogP contribution in [0.5, 0.6) is 0 Å². The number of nitrogens with zero attached hydrogens (tertiary/aromatic N) is 1. The summed E-state index contributed by atoms with van der Waals surface area (Å²) in [6.45, 7) is 1.83. The lowest BCUT2D eigenvalue weighted by molar-refractivity contribution is -0.138. The van der Waals surface area contributed by atoms with Crippen molar-refractivity contribution in [2.75, 3.05) is 5.32 Å². The molecule has 108 valence electrons. The van der Waals surface area contributed by atoms with Crippen LogP contribution in [0.2, 0.25) is 0 Å². The van der Waals surface area contributed by atoms with E-state index in [-0.39, 0.29) is 17.7 Å². The molecular weight excluding hydrogens is 270 g/mol. The number of carboxylic acid groups (broad SMARTS) is 1. The van der Waals surface area contributed by atoms with Crippen LogP contribution in [-0.2, 0) is 4.79 Å². The first-order valence-electron chi connectivity index (χ1n) is 6.70. The third kappa shape index (κ3) is 2.79. The molecule has 1 heterocycles. The molecule has 3 N–H and O–H groups in total. The Balaban J connectivity index is 1.65. The van der Waals surface area contributed by atoms with Crippen LogP contribution in [0, 0.1) is 12.8 Å². The van der Waals surface area contributed by atoms with Crippen molar-refractivity contribution in [3.05, 3.63) is 47.3 Å². The average molecular weight is 285 g/mol. The summed E-state index contributed by atoms with van der Waals surface area (Å²) in [5, 5.41) is 18.3. The molecule has 2 aromatic rings. The molecule has 1 amide bonds. The highest BCUT2D eigenvalue weighted by Gasteiger charge is 2.43. The van der Waals surface area contributed by atoms with Crippen molar-refractivity contribution in [2.45, 2.75) is 19.3 Å². The maximum Gasteiger partial charge on any atom is 0.307 e. The predicted octanol–water partition coefficient (Wildman–Crippen LogP) is 2.16. The Bertz CT molecular complexity index is 690. The number of carbonyl (C=O) groups is 2. The molecular formula is C15H15N3O3. The predicted molar refractivity (Wildman–Crippen MR) is 76.2 cm³/mol. The lowest BCUT2D eigenvalue weighted by Crippen LogP contribution is -2.12. The molecule has 0 bridgehead atoms. The summed E-state index contributed by atoms with van der Waals surface area (Å²) in [6.07, 6.45) is 0.688. The summed E-state index contributed by atoms with van der Waals surface area (Å²) in [7, 11) is 0. The molecule has 6 nitrogen and oxygen atoms in total. The van der Waals surface area contributed by atoms with E-state index in [4.69, 9.17) is 5.11 Å². The van der Waals surface area contributed by atoms with Gasteiger partial charge in [-0.05, 0) is 43.0 Å². The van der Waals surface area contributed by atoms with E-state index in [1.807, 2.05) is 19.1 Å². The number of carboxylic acids is 1. The van der Waals surface area contributed by atoms with Crippen molar-refractivity contribution in [1.29, 1.82) is 0 Å². The molecule has 1 aliphatic rings. The van der Waals surface area contributed by atoms with Gasteiger partial charge in [0.1, 0.15) is 0 Å². The molecule has 0 unspecified atom stereocenters. The van der Waals surface area contributed by atoms with Gasteiger partial charge in [0, 0.05) is 11.4 Å². The summed E-state index contributed by atoms with van der Waals surface area (Å²) in [5.41, 5.74) is 2.82. The molecule has 1 aromatic carbocycles. The molecule has 1 aromatic heterocycles. The zero-order valence-corrected chi connectivity index (χ0v) is 11.5. The number of hydrogen-bond acceptors (Lipinski definition) is 3. The van der Waals surface area contributed by atoms with E-state index in [0.29, 0.717) is 17.8 Å². The molecule has 1 fully saturated rings. The topological polar surface area (TPSA) is 95.1 Å². The third-order valence-electron chi connectivity index (χ3n) is 3.64. The van der Waals surface area contributed by atoms with Gasteiger partial charge < -0.3 is 10.4 Å². The number of benzene rings is 1. The fourth-order valence-corrected chi connectivity index (χ4v) is 2.38. The second-order valence-corrected chi connectivity index (χ2v) is 5.30. The van der Waals surface area contributed by atoms with Crippen LogP contribution in [0.25, 0.3) is 0 Å². The average Bonchev–Trinajstić information content (AvgIpc) is 3.15. The Hall–Kier alpha value is -2.63. The van der Waals surface area contributed by atoms with Crippen molar-refractivity contribution in [2.24, 2.45) is 5.92 Å². The lowest BCUT2D eigenvalue weighted by atomic mass is 10.1. The number of aryl methyl sites for hydroxylation is 1. The number of aliphatic carboxylic acids is 1. The standard InChI is InChI=1S/C15H15N3O3/c1-8-6-13(18-17-8)14(19)16-10-4-2-9(3-5-10)11-7-12(11)15(20)21/h2-6,11-12H,7H2,1H3,(H,16,19)(H,17,18)(H,20,21)/t11-,12+/m0/s1. The number of carbonyl (C=O) groups excluding carboxylic acids is 1. The maximum atomic E-state index is 11.9. The van der Waals surface area contributed by atoms with Crippen molar-refractivity contribution in [1.82, 2.24) is 10.2 Å². The number of aromatic amines is 1. The first-order valence-corrected chi connectivity index (χ1v) is 6.70. The van der Waals surface area contributed by atoms with Crippen molar-refractivity contribution < 1.29 is 14.7 Å². The van der Waals surface area contributed by atoms with E-state index in [2.05, 4.69) is 15.5 Å². The first-order chi connectivity index (χ1) is 10.0. The second kappa shape index (κ2) is 5.05. The second-order valence-electron chi connectivity index (χ2n) is 5.30. The zero-order valence-electron chi connectivity index (χ0n) is 11.5. The van der Waals surface area contributed by atoms with Crippen LogP contribution in [0.3, 0.4) is 0 Å². The highest BCUT2D eigenvalue weighted by molar-refractivity contribution is 6.02. The minimum atomic E-state index is -0.744. The van der Waals surface area contributed by atoms with E-state index in [9.17, 15) is 9.59 Å². The van der Waals surface area contributed by atoms with Crippen LogP contribution < -0.4 is 5.32 Å². The monoisotopic (exact) mass is 285 g/mol. The number of H-pyrrole nitrogens is 1. The van der Waals surface area contributed by atoms with Gasteiger partial charge in [-0.3, -0.25) is 14.7 Å². The van der Waals surface area contributed by atoms with Crippen molar-refractivity contribution >= 4 is 17.6 Å². The highest BCUT2D eigenvalue weighted by Crippen LogP contribution is 2.47. The minimum Gasteiger partial charge on any atom is -0.481 e. The first kappa shape index (κ1) is 13.4. The van der Waals surface area contributed by atoms with Crippen molar-refractivity contribution in [3.63, 3.8) is 0 Å². The SMILES string of the molecule is Cc1cc(C(=O)Nc2ccc([C@@H]3C[C@H]3C(=O)O)cc2)n[nH]1. The molecule has 1 aliphatic carbocycles. The molecule has 1 saturated carbocycles. The quantitative estimate of drug-likeness (QED) is 0.802. The number of anilines is 1. The summed E-state index contributed by atoms with van der Waals surface area (Å²) in [5.74, 6) is -1.19. The Morgan fingerprint density at radius 2 is 2.05 bits per heavy atom. The largest absolute Gasteiger partial charge is 0.481 e. The maximum absolute atomic E-state index is 11.9. The molecule has 0 aliphatic heterocycles. The van der Waals surface area contributed by atoms with Crippen LogP contribution in [-0.4, -0.2) is 27.2 Å². The molecule has 0 radical (unpaired) electrons. The van der Waals surface area contributed by atoms with Gasteiger partial charge in [-0.15, -0.1) is 0 Å². The normalized spacial score (nSPS) is 20.0. The van der Waals surface area contributed by atoms with E-state index in [1.54, 1.807) is 18.2 Å².